The third-order valence-electron chi connectivity index (χ3n) is 3.41. The molecule has 2 aromatic rings. The van der Waals surface area contributed by atoms with E-state index in [1.54, 1.807) is 24.8 Å². The minimum atomic E-state index is -0.516. The maximum absolute atomic E-state index is 12.6. The average Bonchev–Trinajstić information content (AvgIpc) is 2.88. The first-order chi connectivity index (χ1) is 9.63. The maximum Gasteiger partial charge on any atom is 0.344 e. The van der Waals surface area contributed by atoms with Gasteiger partial charge in [-0.15, -0.1) is 11.8 Å². The highest BCUT2D eigenvalue weighted by Gasteiger charge is 2.26. The molecule has 3 rings (SSSR count). The van der Waals surface area contributed by atoms with Crippen LogP contribution in [0.15, 0.2) is 28.0 Å². The van der Waals surface area contributed by atoms with Crippen LogP contribution in [0.4, 0.5) is 0 Å². The van der Waals surface area contributed by atoms with Crippen LogP contribution in [0.5, 0.6) is 0 Å². The van der Waals surface area contributed by atoms with Gasteiger partial charge in [0.1, 0.15) is 5.56 Å². The summed E-state index contributed by atoms with van der Waals surface area (Å²) in [5.41, 5.74) is 1.97. The molecular weight excluding hydrogens is 274 g/mol. The van der Waals surface area contributed by atoms with Crippen molar-refractivity contribution in [2.24, 2.45) is 0 Å². The van der Waals surface area contributed by atoms with Crippen LogP contribution in [0.25, 0.3) is 10.9 Å². The van der Waals surface area contributed by atoms with E-state index in [9.17, 15) is 9.59 Å². The number of ether oxygens (including phenoxy) is 1. The number of thioether (sulfide) groups is 1. The zero-order valence-electron chi connectivity index (χ0n) is 11.4. The zero-order chi connectivity index (χ0) is 14.3. The van der Waals surface area contributed by atoms with Crippen LogP contribution < -0.4 is 5.43 Å². The summed E-state index contributed by atoms with van der Waals surface area (Å²) in [5.74, 6) is 0.358. The monoisotopic (exact) mass is 289 g/mol. The molecule has 1 aliphatic rings. The topological polar surface area (TPSA) is 48.3 Å². The van der Waals surface area contributed by atoms with Crippen LogP contribution >= 0.6 is 11.8 Å². The number of aryl methyl sites for hydroxylation is 2. The van der Waals surface area contributed by atoms with E-state index in [1.165, 1.54) is 0 Å². The molecule has 0 N–H and O–H groups in total. The first kappa shape index (κ1) is 13.2. The number of carbonyl (C=O) groups excluding carboxylic acids is 1. The van der Waals surface area contributed by atoms with Gasteiger partial charge in [0.15, 0.2) is 0 Å². The second-order valence-electron chi connectivity index (χ2n) is 4.75. The van der Waals surface area contributed by atoms with E-state index in [0.29, 0.717) is 5.39 Å². The van der Waals surface area contributed by atoms with Gasteiger partial charge in [-0.2, -0.15) is 0 Å². The number of benzene rings is 1. The van der Waals surface area contributed by atoms with Gasteiger partial charge in [-0.25, -0.2) is 4.79 Å². The third-order valence-corrected chi connectivity index (χ3v) is 4.49. The molecule has 20 heavy (non-hydrogen) atoms. The molecule has 0 saturated heterocycles. The van der Waals surface area contributed by atoms with Crippen LogP contribution in [-0.4, -0.2) is 22.9 Å². The maximum atomic E-state index is 12.6. The van der Waals surface area contributed by atoms with Crippen molar-refractivity contribution < 1.29 is 9.53 Å². The highest BCUT2D eigenvalue weighted by atomic mass is 32.2. The number of esters is 1. The van der Waals surface area contributed by atoms with Crippen molar-refractivity contribution in [3.8, 4) is 0 Å². The van der Waals surface area contributed by atoms with Gasteiger partial charge in [-0.3, -0.25) is 4.79 Å². The molecule has 104 valence electrons. The molecule has 0 bridgehead atoms. The Balaban J connectivity index is 2.37. The Labute approximate surface area is 120 Å². The van der Waals surface area contributed by atoms with Gasteiger partial charge in [-0.1, -0.05) is 6.07 Å². The summed E-state index contributed by atoms with van der Waals surface area (Å²) in [6, 6.07) is 5.70. The molecule has 0 aliphatic carbocycles. The van der Waals surface area contributed by atoms with Gasteiger partial charge in [0.05, 0.1) is 17.1 Å². The van der Waals surface area contributed by atoms with Crippen molar-refractivity contribution >= 4 is 28.6 Å². The molecule has 1 aromatic heterocycles. The van der Waals surface area contributed by atoms with E-state index in [1.807, 2.05) is 19.1 Å². The fraction of sp³-hybridized carbons (Fsp3) is 0.333. The van der Waals surface area contributed by atoms with Crippen LogP contribution in [0.2, 0.25) is 0 Å². The molecule has 0 fully saturated rings. The van der Waals surface area contributed by atoms with Crippen LogP contribution in [0.3, 0.4) is 0 Å². The fourth-order valence-corrected chi connectivity index (χ4v) is 3.66. The standard InChI is InChI=1S/C15H15NO3S/c1-3-19-15(18)12-13(17)10-5-4-9(2)8-11(10)16-6-7-20-14(12)16/h4-5,8H,3,6-7H2,1-2H3. The summed E-state index contributed by atoms with van der Waals surface area (Å²) >= 11 is 1.55. The van der Waals surface area contributed by atoms with Crippen LogP contribution in [0, 0.1) is 6.92 Å². The quantitative estimate of drug-likeness (QED) is 0.797. The number of fused-ring (bicyclic) bond motifs is 3. The van der Waals surface area contributed by atoms with Crippen molar-refractivity contribution in [1.82, 2.24) is 4.57 Å². The number of hydrogen-bond donors (Lipinski definition) is 0. The molecule has 2 heterocycles. The Morgan fingerprint density at radius 3 is 3.00 bits per heavy atom. The number of aromatic nitrogens is 1. The van der Waals surface area contributed by atoms with Gasteiger partial charge in [0, 0.05) is 17.7 Å². The van der Waals surface area contributed by atoms with E-state index >= 15 is 0 Å². The fourth-order valence-electron chi connectivity index (χ4n) is 2.52. The molecule has 1 aromatic carbocycles. The SMILES string of the molecule is CCOC(=O)c1c2n(c3cc(C)ccc3c1=O)CCS2. The lowest BCUT2D eigenvalue weighted by Gasteiger charge is -2.12. The molecule has 0 atom stereocenters. The number of hydrogen-bond acceptors (Lipinski definition) is 4. The largest absolute Gasteiger partial charge is 0.462 e. The highest BCUT2D eigenvalue weighted by Crippen LogP contribution is 2.31. The first-order valence-corrected chi connectivity index (χ1v) is 7.59. The molecule has 0 radical (unpaired) electrons. The third kappa shape index (κ3) is 1.93. The van der Waals surface area contributed by atoms with Crippen molar-refractivity contribution in [1.29, 1.82) is 0 Å². The second-order valence-corrected chi connectivity index (χ2v) is 5.83. The van der Waals surface area contributed by atoms with Gasteiger partial charge in [0.25, 0.3) is 0 Å². The number of carbonyl (C=O) groups is 1. The van der Waals surface area contributed by atoms with Gasteiger partial charge in [-0.05, 0) is 31.5 Å². The normalized spacial score (nSPS) is 13.5. The highest BCUT2D eigenvalue weighted by molar-refractivity contribution is 7.99. The van der Waals surface area contributed by atoms with E-state index in [-0.39, 0.29) is 17.6 Å². The van der Waals surface area contributed by atoms with Crippen molar-refractivity contribution in [2.45, 2.75) is 25.4 Å². The zero-order valence-corrected chi connectivity index (χ0v) is 12.3. The van der Waals surface area contributed by atoms with Crippen molar-refractivity contribution in [3.63, 3.8) is 0 Å². The van der Waals surface area contributed by atoms with Gasteiger partial charge >= 0.3 is 5.97 Å². The van der Waals surface area contributed by atoms with E-state index in [4.69, 9.17) is 4.74 Å². The minimum absolute atomic E-state index is 0.186. The second kappa shape index (κ2) is 4.98. The summed E-state index contributed by atoms with van der Waals surface area (Å²) in [6.45, 7) is 4.83. The lowest BCUT2D eigenvalue weighted by molar-refractivity contribution is 0.0519. The van der Waals surface area contributed by atoms with Gasteiger partial charge < -0.3 is 9.30 Å². The predicted molar refractivity (Wildman–Crippen MR) is 79.6 cm³/mol. The van der Waals surface area contributed by atoms with Crippen LogP contribution in [-0.2, 0) is 11.3 Å². The Morgan fingerprint density at radius 1 is 1.45 bits per heavy atom. The van der Waals surface area contributed by atoms with E-state index < -0.39 is 5.97 Å². The molecule has 0 unspecified atom stereocenters. The summed E-state index contributed by atoms with van der Waals surface area (Å²) in [6.07, 6.45) is 0. The lowest BCUT2D eigenvalue weighted by Crippen LogP contribution is -2.22. The van der Waals surface area contributed by atoms with Crippen molar-refractivity contribution in [2.75, 3.05) is 12.4 Å². The summed E-state index contributed by atoms with van der Waals surface area (Å²) in [4.78, 5) is 24.7. The minimum Gasteiger partial charge on any atom is -0.462 e. The molecule has 0 saturated carbocycles. The molecule has 0 amide bonds. The van der Waals surface area contributed by atoms with Gasteiger partial charge in [0.2, 0.25) is 5.43 Å². The lowest BCUT2D eigenvalue weighted by atomic mass is 10.1. The average molecular weight is 289 g/mol. The summed E-state index contributed by atoms with van der Waals surface area (Å²) in [7, 11) is 0. The van der Waals surface area contributed by atoms with E-state index in [0.717, 1.165) is 28.4 Å². The predicted octanol–water partition coefficient (Wildman–Crippen LogP) is 2.59. The Kier molecular flexibility index (Phi) is 3.30. The Bertz CT molecular complexity index is 764. The summed E-state index contributed by atoms with van der Waals surface area (Å²) in [5, 5.41) is 1.33. The molecule has 1 aliphatic heterocycles. The molecule has 4 nitrogen and oxygen atoms in total. The number of rotatable bonds is 2. The Hall–Kier alpha value is -1.75. The molecule has 0 spiro atoms. The number of nitrogens with zero attached hydrogens (tertiary/aromatic N) is 1. The smallest absolute Gasteiger partial charge is 0.344 e. The van der Waals surface area contributed by atoms with E-state index in [2.05, 4.69) is 4.57 Å². The Morgan fingerprint density at radius 2 is 2.25 bits per heavy atom. The van der Waals surface area contributed by atoms with Crippen LogP contribution in [0.1, 0.15) is 22.8 Å². The number of pyridine rings is 1. The molecular formula is C15H15NO3S. The first-order valence-electron chi connectivity index (χ1n) is 6.60. The molecule has 5 heteroatoms. The van der Waals surface area contributed by atoms with Crippen molar-refractivity contribution in [3.05, 3.63) is 39.5 Å². The summed E-state index contributed by atoms with van der Waals surface area (Å²) < 4.78 is 7.10.